The Morgan fingerprint density at radius 2 is 1.70 bits per heavy atom. The summed E-state index contributed by atoms with van der Waals surface area (Å²) in [4.78, 5) is 13.3. The predicted octanol–water partition coefficient (Wildman–Crippen LogP) is 3.69. The number of alkyl halides is 5. The van der Waals surface area contributed by atoms with Crippen molar-refractivity contribution in [1.82, 2.24) is 4.90 Å². The molecule has 30 heavy (non-hydrogen) atoms. The number of carbonyl (C=O) groups excluding carboxylic acids is 1. The van der Waals surface area contributed by atoms with Gasteiger partial charge in [-0.1, -0.05) is 24.3 Å². The van der Waals surface area contributed by atoms with Gasteiger partial charge in [0.1, 0.15) is 6.73 Å². The summed E-state index contributed by atoms with van der Waals surface area (Å²) in [6.45, 7) is 2.12. The molecule has 7 nitrogen and oxygen atoms in total. The Morgan fingerprint density at radius 1 is 1.10 bits per heavy atom. The maximum atomic E-state index is 13.1. The number of hydrogen-bond donors (Lipinski definition) is 0. The van der Waals surface area contributed by atoms with Crippen LogP contribution in [0.15, 0.2) is 24.3 Å². The molecule has 0 N–H and O–H groups in total. The molecule has 0 bridgehead atoms. The fourth-order valence-corrected chi connectivity index (χ4v) is 3.34. The first-order chi connectivity index (χ1) is 14.0. The standard InChI is InChI=1S/C17H21F5NO6P/c1-26-30(25,29-12-23-7-10-27-11-8-23)28-9-6-13-2-4-14(5-3-13)15(24)16(18,19)17(20,21)22/h2-5H,6-12H2,1H3. The molecule has 1 unspecified atom stereocenters. The summed E-state index contributed by atoms with van der Waals surface area (Å²) in [6.07, 6.45) is -5.85. The highest BCUT2D eigenvalue weighted by molar-refractivity contribution is 7.48. The summed E-state index contributed by atoms with van der Waals surface area (Å²) < 4.78 is 95.9. The summed E-state index contributed by atoms with van der Waals surface area (Å²) in [7, 11) is -2.68. The molecular formula is C17H21F5NO6P. The SMILES string of the molecule is COP(=O)(OCCc1ccc(C(=O)C(F)(F)C(F)(F)F)cc1)OCN1CCOCC1. The van der Waals surface area contributed by atoms with E-state index in [-0.39, 0.29) is 19.8 Å². The fourth-order valence-electron chi connectivity index (χ4n) is 2.43. The monoisotopic (exact) mass is 461 g/mol. The van der Waals surface area contributed by atoms with E-state index in [1.54, 1.807) is 0 Å². The number of benzene rings is 1. The van der Waals surface area contributed by atoms with E-state index in [4.69, 9.17) is 18.3 Å². The molecule has 0 saturated carbocycles. The Labute approximate surface area is 169 Å². The number of nitrogens with zero attached hydrogens (tertiary/aromatic N) is 1. The summed E-state index contributed by atoms with van der Waals surface area (Å²) >= 11 is 0. The van der Waals surface area contributed by atoms with Crippen molar-refractivity contribution in [2.75, 3.05) is 46.8 Å². The summed E-state index contributed by atoms with van der Waals surface area (Å²) in [5.74, 6) is -7.81. The van der Waals surface area contributed by atoms with Gasteiger partial charge in [-0.25, -0.2) is 4.57 Å². The molecule has 1 heterocycles. The van der Waals surface area contributed by atoms with E-state index in [1.807, 2.05) is 4.90 Å². The average molecular weight is 461 g/mol. The molecule has 1 saturated heterocycles. The van der Waals surface area contributed by atoms with Crippen molar-refractivity contribution in [3.8, 4) is 0 Å². The van der Waals surface area contributed by atoms with Crippen LogP contribution in [0.3, 0.4) is 0 Å². The zero-order valence-electron chi connectivity index (χ0n) is 16.0. The maximum Gasteiger partial charge on any atom is 0.475 e. The van der Waals surface area contributed by atoms with Crippen LogP contribution in [0, 0.1) is 0 Å². The van der Waals surface area contributed by atoms with Crippen LogP contribution >= 0.6 is 7.82 Å². The van der Waals surface area contributed by atoms with Crippen LogP contribution in [-0.2, 0) is 29.3 Å². The van der Waals surface area contributed by atoms with Gasteiger partial charge in [-0.3, -0.25) is 23.3 Å². The lowest BCUT2D eigenvalue weighted by Gasteiger charge is -2.27. The van der Waals surface area contributed by atoms with Gasteiger partial charge in [0.25, 0.3) is 0 Å². The first-order valence-electron chi connectivity index (χ1n) is 8.82. The lowest BCUT2D eigenvalue weighted by Crippen LogP contribution is -2.44. The maximum absolute atomic E-state index is 13.1. The molecule has 1 aromatic carbocycles. The minimum Gasteiger partial charge on any atom is -0.379 e. The lowest BCUT2D eigenvalue weighted by atomic mass is 10.0. The summed E-state index contributed by atoms with van der Waals surface area (Å²) in [6, 6.07) is 4.13. The second kappa shape index (κ2) is 10.3. The molecule has 1 aromatic rings. The van der Waals surface area contributed by atoms with Crippen molar-refractivity contribution >= 4 is 13.6 Å². The van der Waals surface area contributed by atoms with Crippen LogP contribution in [0.5, 0.6) is 0 Å². The van der Waals surface area contributed by atoms with Gasteiger partial charge in [0, 0.05) is 25.8 Å². The topological polar surface area (TPSA) is 74.3 Å². The number of halogens is 5. The zero-order chi connectivity index (χ0) is 22.4. The molecule has 1 atom stereocenters. The number of hydrogen-bond acceptors (Lipinski definition) is 7. The van der Waals surface area contributed by atoms with Gasteiger partial charge in [0.05, 0.1) is 19.8 Å². The predicted molar refractivity (Wildman–Crippen MR) is 94.4 cm³/mol. The van der Waals surface area contributed by atoms with E-state index >= 15 is 0 Å². The van der Waals surface area contributed by atoms with E-state index < -0.39 is 31.3 Å². The molecular weight excluding hydrogens is 440 g/mol. The quantitative estimate of drug-likeness (QED) is 0.299. The van der Waals surface area contributed by atoms with Crippen molar-refractivity contribution in [2.24, 2.45) is 0 Å². The van der Waals surface area contributed by atoms with E-state index in [0.29, 0.717) is 31.9 Å². The summed E-state index contributed by atoms with van der Waals surface area (Å²) in [5, 5.41) is 0. The van der Waals surface area contributed by atoms with Gasteiger partial charge in [-0.2, -0.15) is 22.0 Å². The number of ether oxygens (including phenoxy) is 1. The Morgan fingerprint density at radius 3 is 2.23 bits per heavy atom. The molecule has 1 aliphatic heterocycles. The van der Waals surface area contributed by atoms with Crippen molar-refractivity contribution in [1.29, 1.82) is 0 Å². The van der Waals surface area contributed by atoms with Crippen molar-refractivity contribution < 1.29 is 49.6 Å². The van der Waals surface area contributed by atoms with E-state index in [0.717, 1.165) is 19.2 Å². The third kappa shape index (κ3) is 6.53. The molecule has 0 aromatic heterocycles. The number of ketones is 1. The highest BCUT2D eigenvalue weighted by Gasteiger charge is 2.63. The van der Waals surface area contributed by atoms with Gasteiger partial charge in [0.2, 0.25) is 5.78 Å². The smallest absolute Gasteiger partial charge is 0.379 e. The van der Waals surface area contributed by atoms with E-state index in [9.17, 15) is 31.3 Å². The Bertz CT molecular complexity index is 752. The lowest BCUT2D eigenvalue weighted by molar-refractivity contribution is -0.255. The molecule has 1 aliphatic rings. The van der Waals surface area contributed by atoms with Crippen molar-refractivity contribution in [2.45, 2.75) is 18.5 Å². The van der Waals surface area contributed by atoms with Crippen LogP contribution in [0.25, 0.3) is 0 Å². The van der Waals surface area contributed by atoms with Crippen molar-refractivity contribution in [3.63, 3.8) is 0 Å². The Kier molecular flexibility index (Phi) is 8.49. The highest BCUT2D eigenvalue weighted by atomic mass is 31.2. The molecule has 0 amide bonds. The van der Waals surface area contributed by atoms with Crippen LogP contribution in [0.1, 0.15) is 15.9 Å². The minimum atomic E-state index is -5.97. The van der Waals surface area contributed by atoms with Crippen LogP contribution in [0.2, 0.25) is 0 Å². The number of rotatable bonds is 10. The molecule has 170 valence electrons. The molecule has 13 heteroatoms. The van der Waals surface area contributed by atoms with Crippen LogP contribution in [-0.4, -0.2) is 69.5 Å². The molecule has 0 radical (unpaired) electrons. The van der Waals surface area contributed by atoms with Gasteiger partial charge in [0.15, 0.2) is 0 Å². The first-order valence-corrected chi connectivity index (χ1v) is 10.3. The number of phosphoric acid groups is 1. The largest absolute Gasteiger partial charge is 0.475 e. The molecule has 1 fully saturated rings. The number of phosphoric ester groups is 1. The molecule has 0 spiro atoms. The molecule has 0 aliphatic carbocycles. The van der Waals surface area contributed by atoms with E-state index in [2.05, 4.69) is 0 Å². The van der Waals surface area contributed by atoms with Crippen molar-refractivity contribution in [3.05, 3.63) is 35.4 Å². The van der Waals surface area contributed by atoms with E-state index in [1.165, 1.54) is 12.1 Å². The normalized spacial score (nSPS) is 18.2. The number of carbonyl (C=O) groups is 1. The van der Waals surface area contributed by atoms with Crippen LogP contribution < -0.4 is 0 Å². The first kappa shape index (κ1) is 24.8. The Balaban J connectivity index is 1.86. The number of Topliss-reactive ketones (excluding diaryl/α,β-unsaturated/α-hetero) is 1. The Hall–Kier alpha value is -1.43. The van der Waals surface area contributed by atoms with Gasteiger partial charge < -0.3 is 4.74 Å². The second-order valence-electron chi connectivity index (χ2n) is 6.30. The number of morpholine rings is 1. The van der Waals surface area contributed by atoms with Gasteiger partial charge in [-0.15, -0.1) is 0 Å². The fraction of sp³-hybridized carbons (Fsp3) is 0.588. The highest BCUT2D eigenvalue weighted by Crippen LogP contribution is 2.48. The summed E-state index contributed by atoms with van der Waals surface area (Å²) in [5.41, 5.74) is -0.323. The second-order valence-corrected chi connectivity index (χ2v) is 8.08. The third-order valence-corrected chi connectivity index (χ3v) is 5.60. The average Bonchev–Trinajstić information content (AvgIpc) is 2.72. The molecule has 2 rings (SSSR count). The van der Waals surface area contributed by atoms with Gasteiger partial charge >= 0.3 is 19.9 Å². The zero-order valence-corrected chi connectivity index (χ0v) is 16.9. The van der Waals surface area contributed by atoms with Crippen LogP contribution in [0.4, 0.5) is 22.0 Å². The third-order valence-electron chi connectivity index (χ3n) is 4.22. The minimum absolute atomic E-state index is 0.0126. The van der Waals surface area contributed by atoms with Gasteiger partial charge in [-0.05, 0) is 12.0 Å².